The summed E-state index contributed by atoms with van der Waals surface area (Å²) in [5.41, 5.74) is 0.895. The third-order valence-electron chi connectivity index (χ3n) is 2.68. The predicted molar refractivity (Wildman–Crippen MR) is 77.3 cm³/mol. The molecule has 7 nitrogen and oxygen atoms in total. The third-order valence-corrected chi connectivity index (χ3v) is 2.68. The van der Waals surface area contributed by atoms with Gasteiger partial charge in [-0.2, -0.15) is 0 Å². The summed E-state index contributed by atoms with van der Waals surface area (Å²) in [7, 11) is 4.85. The van der Waals surface area contributed by atoms with Crippen molar-refractivity contribution in [3.05, 3.63) is 51.6 Å². The zero-order valence-corrected chi connectivity index (χ0v) is 11.3. The van der Waals surface area contributed by atoms with E-state index in [2.05, 4.69) is 9.65 Å². The Balaban J connectivity index is 2.90. The van der Waals surface area contributed by atoms with Crippen LogP contribution in [0.15, 0.2) is 40.9 Å². The van der Waals surface area contributed by atoms with Gasteiger partial charge in [-0.15, -0.1) is 0 Å². The van der Waals surface area contributed by atoms with Crippen LogP contribution in [-0.4, -0.2) is 36.5 Å². The van der Waals surface area contributed by atoms with E-state index in [4.69, 9.17) is 13.2 Å². The Morgan fingerprint density at radius 3 is 2.62 bits per heavy atom. The van der Waals surface area contributed by atoms with Gasteiger partial charge >= 0.3 is 14.0 Å². The molecule has 2 radical (unpaired) electrons. The largest absolute Gasteiger partial charge is 0.560 e. The van der Waals surface area contributed by atoms with Crippen LogP contribution >= 0.6 is 0 Å². The van der Waals surface area contributed by atoms with Crippen molar-refractivity contribution in [1.82, 2.24) is 0 Å². The van der Waals surface area contributed by atoms with Crippen LogP contribution in [0.3, 0.4) is 0 Å². The molecule has 0 aliphatic carbocycles. The van der Waals surface area contributed by atoms with Gasteiger partial charge in [0, 0.05) is 17.7 Å². The maximum atomic E-state index is 10.8. The lowest BCUT2D eigenvalue weighted by molar-refractivity contribution is -0.384. The molecule has 0 saturated heterocycles. The van der Waals surface area contributed by atoms with Gasteiger partial charge in [0.2, 0.25) is 0 Å². The van der Waals surface area contributed by atoms with Crippen molar-refractivity contribution < 1.29 is 19.5 Å². The Morgan fingerprint density at radius 1 is 1.52 bits per heavy atom. The summed E-state index contributed by atoms with van der Waals surface area (Å²) in [5, 5.41) is 19.4. The second-order valence-corrected chi connectivity index (χ2v) is 4.24. The molecule has 0 unspecified atom stereocenters. The second-order valence-electron chi connectivity index (χ2n) is 4.24. The summed E-state index contributed by atoms with van der Waals surface area (Å²) in [4.78, 5) is 24.9. The normalized spacial score (nSPS) is 13.1. The van der Waals surface area contributed by atoms with Crippen LogP contribution in [0.5, 0.6) is 0 Å². The van der Waals surface area contributed by atoms with Crippen LogP contribution in [0, 0.1) is 10.1 Å². The van der Waals surface area contributed by atoms with E-state index in [0.29, 0.717) is 6.42 Å². The first kappa shape index (κ1) is 16.4. The number of nitro benzene ring substituents is 1. The van der Waals surface area contributed by atoms with Crippen LogP contribution in [0.2, 0.25) is 0 Å². The molecule has 1 aromatic rings. The molecule has 0 spiro atoms. The SMILES string of the molecule is [B]OC=N[C@H](/C=C(\C)C(=O)O)Cc1ccc([N+](=O)[O-])cc1. The third kappa shape index (κ3) is 5.47. The molecule has 0 saturated carbocycles. The lowest BCUT2D eigenvalue weighted by atomic mass is 10.0. The van der Waals surface area contributed by atoms with E-state index in [-0.39, 0.29) is 11.3 Å². The van der Waals surface area contributed by atoms with E-state index >= 15 is 0 Å². The van der Waals surface area contributed by atoms with Gasteiger partial charge in [0.05, 0.1) is 11.0 Å². The molecule has 0 amide bonds. The van der Waals surface area contributed by atoms with Gasteiger partial charge in [0.15, 0.2) is 6.40 Å². The van der Waals surface area contributed by atoms with Crippen molar-refractivity contribution in [1.29, 1.82) is 0 Å². The number of carboxylic acids is 1. The second kappa shape index (κ2) is 7.83. The zero-order chi connectivity index (χ0) is 15.8. The number of aliphatic imine (C=N–C) groups is 1. The van der Waals surface area contributed by atoms with Gasteiger partial charge in [0.25, 0.3) is 5.69 Å². The number of hydrogen-bond donors (Lipinski definition) is 1. The van der Waals surface area contributed by atoms with Crippen molar-refractivity contribution >= 4 is 26.1 Å². The highest BCUT2D eigenvalue weighted by atomic mass is 16.6. The van der Waals surface area contributed by atoms with Crippen molar-refractivity contribution in [2.45, 2.75) is 19.4 Å². The lowest BCUT2D eigenvalue weighted by Gasteiger charge is -2.08. The average Bonchev–Trinajstić information content (AvgIpc) is 2.45. The van der Waals surface area contributed by atoms with Gasteiger partial charge < -0.3 is 9.76 Å². The van der Waals surface area contributed by atoms with E-state index in [1.54, 1.807) is 12.1 Å². The van der Waals surface area contributed by atoms with E-state index in [1.807, 2.05) is 0 Å². The molecule has 1 rings (SSSR count). The van der Waals surface area contributed by atoms with Crippen LogP contribution in [-0.2, 0) is 15.9 Å². The number of carbonyl (C=O) groups is 1. The number of hydrogen-bond acceptors (Lipinski definition) is 5. The Morgan fingerprint density at radius 2 is 2.14 bits per heavy atom. The summed E-state index contributed by atoms with van der Waals surface area (Å²) in [5.74, 6) is -1.05. The minimum atomic E-state index is -1.05. The molecule has 0 bridgehead atoms. The number of nitrogens with zero attached hydrogens (tertiary/aromatic N) is 2. The molecule has 0 aliphatic rings. The predicted octanol–water partition coefficient (Wildman–Crippen LogP) is 1.67. The fraction of sp³-hybridized carbons (Fsp3) is 0.231. The maximum absolute atomic E-state index is 10.8. The molecule has 21 heavy (non-hydrogen) atoms. The Labute approximate surface area is 122 Å². The summed E-state index contributed by atoms with van der Waals surface area (Å²) in [6, 6.07) is 5.44. The molecule has 0 heterocycles. The topological polar surface area (TPSA) is 102 Å². The standard InChI is InChI=1S/C13H13BN2O5/c1-9(13(17)18)6-11(15-8-21-14)7-10-2-4-12(5-3-10)16(19)20/h2-6,8,11H,7H2,1H3,(H,17,18)/b9-6+,15-8?/t11-/m1/s1. The van der Waals surface area contributed by atoms with Crippen LogP contribution in [0.4, 0.5) is 5.69 Å². The average molecular weight is 288 g/mol. The Bertz CT molecular complexity index is 568. The minimum absolute atomic E-state index is 0.0126. The van der Waals surface area contributed by atoms with Gasteiger partial charge in [-0.3, -0.25) is 15.1 Å². The van der Waals surface area contributed by atoms with E-state index < -0.39 is 16.9 Å². The molecule has 1 atom stereocenters. The number of rotatable bonds is 7. The Kier molecular flexibility index (Phi) is 6.13. The number of non-ortho nitro benzene ring substituents is 1. The molecule has 0 fully saturated rings. The number of benzene rings is 1. The molecular formula is C13H13BN2O5. The van der Waals surface area contributed by atoms with Gasteiger partial charge in [-0.1, -0.05) is 12.1 Å². The van der Waals surface area contributed by atoms with Crippen LogP contribution < -0.4 is 0 Å². The maximum Gasteiger partial charge on any atom is 0.375 e. The number of carboxylic acid groups (broad SMARTS) is 1. The Hall–Kier alpha value is -2.64. The summed E-state index contributed by atoms with van der Waals surface area (Å²) >= 11 is 0. The highest BCUT2D eigenvalue weighted by molar-refractivity contribution is 6.02. The van der Waals surface area contributed by atoms with Gasteiger partial charge in [0.1, 0.15) is 0 Å². The quantitative estimate of drug-likeness (QED) is 0.205. The van der Waals surface area contributed by atoms with E-state index in [9.17, 15) is 14.9 Å². The van der Waals surface area contributed by atoms with Crippen molar-refractivity contribution in [3.63, 3.8) is 0 Å². The molecule has 8 heteroatoms. The van der Waals surface area contributed by atoms with Gasteiger partial charge in [-0.25, -0.2) is 4.79 Å². The highest BCUT2D eigenvalue weighted by Crippen LogP contribution is 2.15. The molecule has 1 aromatic carbocycles. The van der Waals surface area contributed by atoms with Crippen molar-refractivity contribution in [2.75, 3.05) is 0 Å². The first-order chi connectivity index (χ1) is 9.93. The summed E-state index contributed by atoms with van der Waals surface area (Å²) in [6.07, 6.45) is 2.84. The van der Waals surface area contributed by atoms with Crippen molar-refractivity contribution in [3.8, 4) is 0 Å². The molecule has 0 aliphatic heterocycles. The monoisotopic (exact) mass is 288 g/mol. The molecular weight excluding hydrogens is 275 g/mol. The molecule has 0 aromatic heterocycles. The summed E-state index contributed by atoms with van der Waals surface area (Å²) < 4.78 is 4.24. The summed E-state index contributed by atoms with van der Waals surface area (Å²) in [6.45, 7) is 1.45. The first-order valence-corrected chi connectivity index (χ1v) is 5.96. The fourth-order valence-electron chi connectivity index (χ4n) is 1.62. The number of nitro groups is 1. The fourth-order valence-corrected chi connectivity index (χ4v) is 1.62. The highest BCUT2D eigenvalue weighted by Gasteiger charge is 2.10. The van der Waals surface area contributed by atoms with E-state index in [1.165, 1.54) is 25.1 Å². The smallest absolute Gasteiger partial charge is 0.375 e. The zero-order valence-electron chi connectivity index (χ0n) is 11.3. The number of aliphatic carboxylic acids is 1. The van der Waals surface area contributed by atoms with Crippen LogP contribution in [0.25, 0.3) is 0 Å². The molecule has 1 N–H and O–H groups in total. The molecule has 108 valence electrons. The lowest BCUT2D eigenvalue weighted by Crippen LogP contribution is -2.09. The van der Waals surface area contributed by atoms with E-state index in [0.717, 1.165) is 12.0 Å². The van der Waals surface area contributed by atoms with Crippen LogP contribution in [0.1, 0.15) is 12.5 Å². The van der Waals surface area contributed by atoms with Gasteiger partial charge in [-0.05, 0) is 25.0 Å². The minimum Gasteiger partial charge on any atom is -0.560 e. The van der Waals surface area contributed by atoms with Crippen molar-refractivity contribution in [2.24, 2.45) is 4.99 Å². The first-order valence-electron chi connectivity index (χ1n) is 5.96.